The van der Waals surface area contributed by atoms with Gasteiger partial charge in [0.2, 0.25) is 0 Å². The van der Waals surface area contributed by atoms with Crippen LogP contribution in [0.5, 0.6) is 0 Å². The Morgan fingerprint density at radius 3 is 2.75 bits per heavy atom. The van der Waals surface area contributed by atoms with Crippen LogP contribution in [0.3, 0.4) is 0 Å². The molecule has 2 aliphatic heterocycles. The number of nitrogens with zero attached hydrogens (tertiary/aromatic N) is 1. The minimum Gasteiger partial charge on any atom is -0.377 e. The standard InChI is InChI=1S/C17H25NO2/c1-14-13-20-17(15-7-3-2-4-8-15)12-18(14)11-16-9-5-6-10-19-16/h2-4,7-8,14,16-17H,5-6,9-13H2,1H3/t14-,16-,17-/m1/s1. The highest BCUT2D eigenvalue weighted by molar-refractivity contribution is 5.18. The molecule has 0 aliphatic carbocycles. The number of hydrogen-bond acceptors (Lipinski definition) is 3. The third-order valence-electron chi connectivity index (χ3n) is 4.45. The van der Waals surface area contributed by atoms with Crippen LogP contribution in [0.2, 0.25) is 0 Å². The second kappa shape index (κ2) is 6.70. The van der Waals surface area contributed by atoms with E-state index in [2.05, 4.69) is 42.2 Å². The summed E-state index contributed by atoms with van der Waals surface area (Å²) >= 11 is 0. The van der Waals surface area contributed by atoms with Crippen molar-refractivity contribution in [3.8, 4) is 0 Å². The molecular weight excluding hydrogens is 250 g/mol. The fraction of sp³-hybridized carbons (Fsp3) is 0.647. The molecule has 0 amide bonds. The topological polar surface area (TPSA) is 21.7 Å². The van der Waals surface area contributed by atoms with Crippen LogP contribution in [0.25, 0.3) is 0 Å². The Balaban J connectivity index is 1.61. The maximum atomic E-state index is 6.01. The SMILES string of the molecule is C[C@@H]1CO[C@@H](c2ccccc2)CN1C[C@H]1CCCCO1. The normalized spacial score (nSPS) is 32.1. The van der Waals surface area contributed by atoms with Gasteiger partial charge >= 0.3 is 0 Å². The first-order valence-corrected chi connectivity index (χ1v) is 7.85. The van der Waals surface area contributed by atoms with Crippen LogP contribution in [0, 0.1) is 0 Å². The Morgan fingerprint density at radius 2 is 2.00 bits per heavy atom. The van der Waals surface area contributed by atoms with E-state index in [0.29, 0.717) is 12.1 Å². The van der Waals surface area contributed by atoms with Crippen molar-refractivity contribution in [2.45, 2.75) is 44.4 Å². The molecule has 0 spiro atoms. The van der Waals surface area contributed by atoms with E-state index in [-0.39, 0.29) is 6.10 Å². The highest BCUT2D eigenvalue weighted by Gasteiger charge is 2.29. The van der Waals surface area contributed by atoms with E-state index < -0.39 is 0 Å². The summed E-state index contributed by atoms with van der Waals surface area (Å²) in [5.41, 5.74) is 1.29. The maximum absolute atomic E-state index is 6.01. The van der Waals surface area contributed by atoms with Gasteiger partial charge in [-0.05, 0) is 31.7 Å². The van der Waals surface area contributed by atoms with E-state index in [1.54, 1.807) is 0 Å². The summed E-state index contributed by atoms with van der Waals surface area (Å²) in [6.07, 6.45) is 4.37. The molecule has 2 saturated heterocycles. The van der Waals surface area contributed by atoms with Crippen molar-refractivity contribution in [2.75, 3.05) is 26.3 Å². The third kappa shape index (κ3) is 3.40. The molecule has 0 bridgehead atoms. The summed E-state index contributed by atoms with van der Waals surface area (Å²) < 4.78 is 11.9. The fourth-order valence-corrected chi connectivity index (χ4v) is 3.14. The van der Waals surface area contributed by atoms with Gasteiger partial charge in [-0.1, -0.05) is 30.3 Å². The Bertz CT molecular complexity index is 403. The Kier molecular flexibility index (Phi) is 4.71. The van der Waals surface area contributed by atoms with Gasteiger partial charge in [0.1, 0.15) is 0 Å². The molecule has 3 rings (SSSR count). The predicted molar refractivity (Wildman–Crippen MR) is 79.8 cm³/mol. The highest BCUT2D eigenvalue weighted by Crippen LogP contribution is 2.26. The van der Waals surface area contributed by atoms with Crippen LogP contribution >= 0.6 is 0 Å². The van der Waals surface area contributed by atoms with Gasteiger partial charge in [-0.15, -0.1) is 0 Å². The zero-order valence-electron chi connectivity index (χ0n) is 12.3. The molecule has 2 heterocycles. The van der Waals surface area contributed by atoms with Gasteiger partial charge in [-0.3, -0.25) is 4.90 Å². The number of ether oxygens (including phenoxy) is 2. The molecule has 0 N–H and O–H groups in total. The largest absolute Gasteiger partial charge is 0.377 e. The van der Waals surface area contributed by atoms with Gasteiger partial charge in [0.15, 0.2) is 0 Å². The van der Waals surface area contributed by atoms with Gasteiger partial charge in [-0.2, -0.15) is 0 Å². The number of benzene rings is 1. The highest BCUT2D eigenvalue weighted by atomic mass is 16.5. The van der Waals surface area contributed by atoms with E-state index in [0.717, 1.165) is 26.3 Å². The smallest absolute Gasteiger partial charge is 0.0952 e. The Labute approximate surface area is 121 Å². The van der Waals surface area contributed by atoms with Crippen LogP contribution < -0.4 is 0 Å². The van der Waals surface area contributed by atoms with Crippen molar-refractivity contribution in [3.05, 3.63) is 35.9 Å². The van der Waals surface area contributed by atoms with Crippen molar-refractivity contribution < 1.29 is 9.47 Å². The first-order valence-electron chi connectivity index (χ1n) is 7.85. The molecule has 2 fully saturated rings. The number of morpholine rings is 1. The zero-order chi connectivity index (χ0) is 13.8. The first kappa shape index (κ1) is 14.1. The lowest BCUT2D eigenvalue weighted by molar-refractivity contribution is -0.0852. The van der Waals surface area contributed by atoms with Crippen LogP contribution in [-0.2, 0) is 9.47 Å². The Hall–Kier alpha value is -0.900. The summed E-state index contributed by atoms with van der Waals surface area (Å²) in [6, 6.07) is 11.0. The van der Waals surface area contributed by atoms with E-state index >= 15 is 0 Å². The molecule has 1 aromatic rings. The molecule has 0 unspecified atom stereocenters. The van der Waals surface area contributed by atoms with E-state index in [9.17, 15) is 0 Å². The van der Waals surface area contributed by atoms with E-state index in [1.165, 1.54) is 24.8 Å². The van der Waals surface area contributed by atoms with Crippen LogP contribution in [0.4, 0.5) is 0 Å². The molecule has 110 valence electrons. The van der Waals surface area contributed by atoms with Gasteiger partial charge in [0, 0.05) is 25.7 Å². The summed E-state index contributed by atoms with van der Waals surface area (Å²) in [4.78, 5) is 2.54. The monoisotopic (exact) mass is 275 g/mol. The maximum Gasteiger partial charge on any atom is 0.0952 e. The first-order chi connectivity index (χ1) is 9.83. The lowest BCUT2D eigenvalue weighted by Gasteiger charge is -2.40. The quantitative estimate of drug-likeness (QED) is 0.846. The van der Waals surface area contributed by atoms with E-state index in [4.69, 9.17) is 9.47 Å². The average Bonchev–Trinajstić information content (AvgIpc) is 2.51. The second-order valence-electron chi connectivity index (χ2n) is 6.02. The van der Waals surface area contributed by atoms with Crippen molar-refractivity contribution in [3.63, 3.8) is 0 Å². The van der Waals surface area contributed by atoms with Crippen LogP contribution in [-0.4, -0.2) is 43.3 Å². The van der Waals surface area contributed by atoms with Crippen molar-refractivity contribution in [2.24, 2.45) is 0 Å². The molecule has 20 heavy (non-hydrogen) atoms. The van der Waals surface area contributed by atoms with Crippen LogP contribution in [0.15, 0.2) is 30.3 Å². The van der Waals surface area contributed by atoms with Gasteiger partial charge in [0.05, 0.1) is 18.8 Å². The summed E-state index contributed by atoms with van der Waals surface area (Å²) in [5, 5.41) is 0. The predicted octanol–water partition coefficient (Wildman–Crippen LogP) is 3.02. The molecule has 2 aliphatic rings. The molecule has 3 nitrogen and oxygen atoms in total. The molecule has 0 aromatic heterocycles. The summed E-state index contributed by atoms with van der Waals surface area (Å²) in [7, 11) is 0. The molecule has 0 saturated carbocycles. The fourth-order valence-electron chi connectivity index (χ4n) is 3.14. The van der Waals surface area contributed by atoms with E-state index in [1.807, 2.05) is 0 Å². The Morgan fingerprint density at radius 1 is 1.15 bits per heavy atom. The van der Waals surface area contributed by atoms with Gasteiger partial charge in [0.25, 0.3) is 0 Å². The molecule has 3 heteroatoms. The van der Waals surface area contributed by atoms with Gasteiger partial charge < -0.3 is 9.47 Å². The summed E-state index contributed by atoms with van der Waals surface area (Å²) in [5.74, 6) is 0. The number of hydrogen-bond donors (Lipinski definition) is 0. The van der Waals surface area contributed by atoms with Crippen LogP contribution in [0.1, 0.15) is 37.9 Å². The average molecular weight is 275 g/mol. The molecular formula is C17H25NO2. The van der Waals surface area contributed by atoms with Crippen molar-refractivity contribution in [1.29, 1.82) is 0 Å². The summed E-state index contributed by atoms with van der Waals surface area (Å²) in [6.45, 7) is 6.03. The third-order valence-corrected chi connectivity index (χ3v) is 4.45. The van der Waals surface area contributed by atoms with Gasteiger partial charge in [-0.25, -0.2) is 0 Å². The van der Waals surface area contributed by atoms with Crippen molar-refractivity contribution >= 4 is 0 Å². The molecule has 0 radical (unpaired) electrons. The minimum atomic E-state index is 0.205. The van der Waals surface area contributed by atoms with Crippen molar-refractivity contribution in [1.82, 2.24) is 4.90 Å². The lowest BCUT2D eigenvalue weighted by atomic mass is 10.0. The number of rotatable bonds is 3. The molecule has 1 aromatic carbocycles. The zero-order valence-corrected chi connectivity index (χ0v) is 12.3. The minimum absolute atomic E-state index is 0.205. The molecule has 3 atom stereocenters. The lowest BCUT2D eigenvalue weighted by Crippen LogP contribution is -2.48. The second-order valence-corrected chi connectivity index (χ2v) is 6.02.